The van der Waals surface area contributed by atoms with Crippen molar-refractivity contribution in [2.24, 2.45) is 5.92 Å². The molecule has 6 heterocycles. The third kappa shape index (κ3) is 29.6. The summed E-state index contributed by atoms with van der Waals surface area (Å²) in [5.74, 6) is -5.82. The minimum Gasteiger partial charge on any atom is -0.394 e. The molecule has 22 atom stereocenters. The zero-order chi connectivity index (χ0) is 82.9. The zero-order valence-electron chi connectivity index (χ0n) is 63.8. The van der Waals surface area contributed by atoms with Crippen molar-refractivity contribution < 1.29 is 146 Å². The minimum atomic E-state index is -1.74. The highest BCUT2D eigenvalue weighted by Gasteiger charge is 2.55. The summed E-state index contributed by atoms with van der Waals surface area (Å²) in [6.07, 6.45) is -19.3. The van der Waals surface area contributed by atoms with Crippen LogP contribution in [0.4, 0.5) is 0 Å². The average molecular weight is 1610 g/mol. The number of aliphatic hydroxyl groups is 8. The van der Waals surface area contributed by atoms with Crippen molar-refractivity contribution in [2.75, 3.05) is 93.1 Å². The number of thiol groups is 1. The molecule has 0 aliphatic carbocycles. The van der Waals surface area contributed by atoms with Gasteiger partial charge >= 0.3 is 0 Å². The Kier molecular flexibility index (Phi) is 42.2. The highest BCUT2D eigenvalue weighted by atomic mass is 32.1. The van der Waals surface area contributed by atoms with Crippen LogP contribution in [-0.4, -0.2) is 355 Å². The number of imide groups is 2. The Balaban J connectivity index is 0.000000379. The van der Waals surface area contributed by atoms with Gasteiger partial charge in [-0.2, -0.15) is 12.6 Å². The lowest BCUT2D eigenvalue weighted by molar-refractivity contribution is -0.325. The van der Waals surface area contributed by atoms with Gasteiger partial charge in [0.2, 0.25) is 47.3 Å². The zero-order valence-corrected chi connectivity index (χ0v) is 64.7. The van der Waals surface area contributed by atoms with Crippen LogP contribution in [-0.2, 0) is 105 Å². The fourth-order valence-electron chi connectivity index (χ4n) is 12.7. The van der Waals surface area contributed by atoms with Gasteiger partial charge in [-0.25, -0.2) is 0 Å². The number of ether oxygens (including phenoxy) is 8. The lowest BCUT2D eigenvalue weighted by Gasteiger charge is -2.47. The van der Waals surface area contributed by atoms with E-state index in [9.17, 15) is 108 Å². The van der Waals surface area contributed by atoms with Crippen molar-refractivity contribution in [3.8, 4) is 0 Å². The van der Waals surface area contributed by atoms with E-state index < -0.39 is 207 Å². The molecule has 17 N–H and O–H groups in total. The molecule has 6 rings (SSSR count). The van der Waals surface area contributed by atoms with Crippen LogP contribution >= 0.6 is 12.6 Å². The molecule has 42 heteroatoms. The Labute approximate surface area is 647 Å². The van der Waals surface area contributed by atoms with E-state index >= 15 is 0 Å². The summed E-state index contributed by atoms with van der Waals surface area (Å²) < 4.78 is 44.7. The molecule has 0 aromatic rings. The van der Waals surface area contributed by atoms with Gasteiger partial charge in [-0.05, 0) is 72.2 Å². The molecule has 12 amide bonds. The first-order valence-electron chi connectivity index (χ1n) is 36.7. The van der Waals surface area contributed by atoms with Gasteiger partial charge in [0.15, 0.2) is 30.6 Å². The largest absolute Gasteiger partial charge is 0.394 e. The van der Waals surface area contributed by atoms with E-state index in [-0.39, 0.29) is 101 Å². The van der Waals surface area contributed by atoms with Gasteiger partial charge in [0, 0.05) is 131 Å². The van der Waals surface area contributed by atoms with Gasteiger partial charge in [-0.15, -0.1) is 0 Å². The van der Waals surface area contributed by atoms with Crippen LogP contribution in [0.2, 0.25) is 0 Å². The van der Waals surface area contributed by atoms with Crippen LogP contribution in [0.25, 0.3) is 0 Å². The minimum absolute atomic E-state index is 0.0445. The molecule has 41 nitrogen and oxygen atoms in total. The highest BCUT2D eigenvalue weighted by Crippen LogP contribution is 2.33. The van der Waals surface area contributed by atoms with Crippen molar-refractivity contribution in [1.29, 1.82) is 0 Å². The second kappa shape index (κ2) is 48.8. The molecule has 111 heavy (non-hydrogen) atoms. The van der Waals surface area contributed by atoms with Gasteiger partial charge in [0.25, 0.3) is 23.6 Å². The molecular formula is C69H113N11O30S. The number of amides is 12. The number of methoxy groups -OCH3 is 2. The van der Waals surface area contributed by atoms with Crippen LogP contribution in [0.3, 0.4) is 0 Å². The van der Waals surface area contributed by atoms with Gasteiger partial charge in [0.1, 0.15) is 79.0 Å². The molecule has 5 saturated heterocycles. The average Bonchev–Trinajstić information content (AvgIpc) is 1.28. The SMILES string of the molecule is CNC(=O)CC1CC(=O)N(CCC(=O)NCCCNC(=O)C2O[C@@H](O[C@@H]3C(NC(C)=O)[C@H](C)OC(CO)[C@H]3O)C(O)[C@@H](O)[C@@H]2OC)C1=O.CNCCCC(=O)[C@H](CC(C)=O)NC(=O)CCCCS.CO[C@@H]1C(C(=O)NCCCNC(=O)CCN2C(=O)C=CC2=O)O[C@@H](O[C@@H]2C(NC(C)=O)[C@H](C)OC(CO)[C@H]2O)C(O)[C@H]1O. The quantitative estimate of drug-likeness (QED) is 0.0154. The van der Waals surface area contributed by atoms with E-state index in [1.54, 1.807) is 13.8 Å². The number of hydrogen-bond acceptors (Lipinski definition) is 32. The van der Waals surface area contributed by atoms with E-state index in [2.05, 4.69) is 60.5 Å². The number of ketones is 2. The van der Waals surface area contributed by atoms with E-state index in [4.69, 9.17) is 37.9 Å². The lowest BCUT2D eigenvalue weighted by atomic mass is 9.92. The molecule has 0 radical (unpaired) electrons. The van der Waals surface area contributed by atoms with Crippen LogP contribution in [0.15, 0.2) is 12.2 Å². The number of carbonyl (C=O) groups excluding carboxylic acids is 14. The topological polar surface area (TPSA) is 589 Å². The number of nitrogens with zero attached hydrogens (tertiary/aromatic N) is 2. The first-order chi connectivity index (χ1) is 52.6. The summed E-state index contributed by atoms with van der Waals surface area (Å²) in [5.41, 5.74) is 0. The number of nitrogens with one attached hydrogen (secondary N) is 9. The molecule has 6 aliphatic heterocycles. The molecular weight excluding hydrogens is 1490 g/mol. The Bertz CT molecular complexity index is 3130. The van der Waals surface area contributed by atoms with Gasteiger partial charge < -0.3 is 127 Å². The number of Topliss-reactive ketones (excluding diaryl/α,β-unsaturated/α-hetero) is 2. The van der Waals surface area contributed by atoms with E-state index in [1.165, 1.54) is 42.0 Å². The maximum atomic E-state index is 13.1. The predicted octanol–water partition coefficient (Wildman–Crippen LogP) is -8.46. The normalized spacial score (nSPS) is 30.0. The fraction of sp³-hybridized carbons (Fsp3) is 0.768. The monoisotopic (exact) mass is 1610 g/mol. The number of hydrogen-bond donors (Lipinski definition) is 18. The Morgan fingerprint density at radius 3 is 1.40 bits per heavy atom. The number of carbonyl (C=O) groups is 14. The van der Waals surface area contributed by atoms with E-state index in [1.807, 2.05) is 7.05 Å². The fourth-order valence-corrected chi connectivity index (χ4v) is 12.9. The summed E-state index contributed by atoms with van der Waals surface area (Å²) in [7, 11) is 5.67. The van der Waals surface area contributed by atoms with Crippen LogP contribution in [0.5, 0.6) is 0 Å². The lowest BCUT2D eigenvalue weighted by Crippen LogP contribution is -2.68. The molecule has 6 aliphatic rings. The van der Waals surface area contributed by atoms with Crippen LogP contribution < -0.4 is 47.9 Å². The summed E-state index contributed by atoms with van der Waals surface area (Å²) in [6.45, 7) is 6.92. The second-order valence-electron chi connectivity index (χ2n) is 27.2. The number of unbranched alkanes of at least 4 members (excludes halogenated alkanes) is 1. The van der Waals surface area contributed by atoms with Gasteiger partial charge in [-0.1, -0.05) is 0 Å². The van der Waals surface area contributed by atoms with Crippen molar-refractivity contribution in [3.05, 3.63) is 12.2 Å². The van der Waals surface area contributed by atoms with E-state index in [0.29, 0.717) is 25.7 Å². The van der Waals surface area contributed by atoms with Crippen LogP contribution in [0.1, 0.15) is 112 Å². The molecule has 0 spiro atoms. The highest BCUT2D eigenvalue weighted by molar-refractivity contribution is 7.80. The maximum Gasteiger partial charge on any atom is 0.253 e. The molecule has 9 unspecified atom stereocenters. The third-order valence-corrected chi connectivity index (χ3v) is 19.0. The summed E-state index contributed by atoms with van der Waals surface area (Å²) in [5, 5.41) is 107. The predicted molar refractivity (Wildman–Crippen MR) is 386 cm³/mol. The molecule has 0 saturated carbocycles. The van der Waals surface area contributed by atoms with Crippen molar-refractivity contribution >= 4 is 95.1 Å². The first-order valence-corrected chi connectivity index (χ1v) is 37.3. The number of aliphatic hydroxyl groups excluding tert-OH is 8. The number of rotatable bonds is 40. The Morgan fingerprint density at radius 2 is 0.991 bits per heavy atom. The summed E-state index contributed by atoms with van der Waals surface area (Å²) in [6, 6.07) is -2.55. The summed E-state index contributed by atoms with van der Waals surface area (Å²) >= 11 is 4.08. The van der Waals surface area contributed by atoms with Gasteiger partial charge in [-0.3, -0.25) is 76.9 Å². The van der Waals surface area contributed by atoms with Crippen molar-refractivity contribution in [2.45, 2.75) is 240 Å². The third-order valence-electron chi connectivity index (χ3n) is 18.7. The van der Waals surface area contributed by atoms with Gasteiger partial charge in [0.05, 0.1) is 49.5 Å². The maximum absolute atomic E-state index is 13.1. The molecule has 5 fully saturated rings. The second-order valence-corrected chi connectivity index (χ2v) is 27.6. The molecule has 0 bridgehead atoms. The molecule has 0 aromatic heterocycles. The van der Waals surface area contributed by atoms with E-state index in [0.717, 1.165) is 47.1 Å². The van der Waals surface area contributed by atoms with Crippen molar-refractivity contribution in [1.82, 2.24) is 57.7 Å². The molecule has 0 aromatic carbocycles. The van der Waals surface area contributed by atoms with Crippen LogP contribution in [0, 0.1) is 5.92 Å². The summed E-state index contributed by atoms with van der Waals surface area (Å²) in [4.78, 5) is 170. The Morgan fingerprint density at radius 1 is 0.541 bits per heavy atom. The first kappa shape index (κ1) is 96.2. The molecule has 630 valence electrons. The Hall–Kier alpha value is -7.21. The number of likely N-dealkylation sites (tertiary alicyclic amines) is 1. The smallest absolute Gasteiger partial charge is 0.253 e. The van der Waals surface area contributed by atoms with Crippen molar-refractivity contribution in [3.63, 3.8) is 0 Å². The standard InChI is InChI=1S/C29H47N5O14.C26H40N4O13.C14H26N2O3S/c1-13-20(33-14(2)36)24(21(40)16(12-35)46-13)47-29-23(42)22(41)25(45-4)26(48-29)27(43)32-8-5-7-31-17(37)6-9-34-19(39)11-15(28(34)44)10-18(38)30-3;1-12-18(29-13(2)32)22(19(36)14(11-31)41-12)42-26-21(38)20(37)23(40-3)24(43-26)25(39)28-9-4-8-27-15(33)7-10-30-16(34)5-6-17(30)35;1-11(17)10-12(13(18)6-5-8-15-2)16-14(19)7-3-4-9-20/h13,15-16,20-26,29,35,40-42H,5-12H2,1-4H3,(H,30,38)(H,31,37)(H,32,43)(H,33,36);5-6,12,14,18-24,26,31,36-38H,4,7-11H2,1-3H3,(H,27,33)(H,28,39)(H,29,32);12,15,20H,3-10H2,1-2H3,(H,16,19)/t13-,15?,16?,20?,21+,22+,23?,24+,25-,26?,29+;12-,14?,18?,19+,20+,21?,22+,23-,24?,26+;12-/m000/s1.